The van der Waals surface area contributed by atoms with Crippen LogP contribution in [0.2, 0.25) is 0 Å². The van der Waals surface area contributed by atoms with E-state index in [1.807, 2.05) is 65.7 Å². The van der Waals surface area contributed by atoms with Crippen molar-refractivity contribution in [1.29, 1.82) is 0 Å². The van der Waals surface area contributed by atoms with Crippen molar-refractivity contribution in [3.05, 3.63) is 96.4 Å². The number of benzene rings is 2. The minimum absolute atomic E-state index is 0.0451. The van der Waals surface area contributed by atoms with Crippen LogP contribution < -0.4 is 10.1 Å². The van der Waals surface area contributed by atoms with Crippen molar-refractivity contribution < 1.29 is 37.4 Å². The number of likely N-dealkylation sites (tertiary alicyclic amines) is 1. The van der Waals surface area contributed by atoms with E-state index >= 15 is 0 Å². The van der Waals surface area contributed by atoms with Crippen LogP contribution in [0.3, 0.4) is 0 Å². The van der Waals surface area contributed by atoms with Crippen LogP contribution in [-0.2, 0) is 9.59 Å². The number of aromatic amines is 1. The lowest BCUT2D eigenvalue weighted by molar-refractivity contribution is -0.192. The second-order valence-electron chi connectivity index (χ2n) is 9.23. The van der Waals surface area contributed by atoms with Gasteiger partial charge < -0.3 is 25.0 Å². The van der Waals surface area contributed by atoms with Crippen LogP contribution in [0.25, 0.3) is 10.9 Å². The highest BCUT2D eigenvalue weighted by molar-refractivity contribution is 6.00. The standard InChI is InChI=1S/C27H26N4O3.C2HF3O2/c32-26(21-7-6-19-8-15-29-24(19)18-21)30-25(20-4-2-1-3-5-20)27(33)31-16-11-23(12-17-31)34-22-9-13-28-14-10-22;3-2(4,5)1(6)7/h1-10,13-15,18,23,25,29H,11-12,16-17H2,(H,30,32);(H,6,7)/t25-;/m1./s1. The number of rotatable bonds is 6. The zero-order valence-corrected chi connectivity index (χ0v) is 21.7. The Morgan fingerprint density at radius 1 is 1.00 bits per heavy atom. The summed E-state index contributed by atoms with van der Waals surface area (Å²) < 4.78 is 37.8. The lowest BCUT2D eigenvalue weighted by atomic mass is 10.0. The van der Waals surface area contributed by atoms with Crippen LogP contribution in [0, 0.1) is 0 Å². The Labute approximate surface area is 233 Å². The summed E-state index contributed by atoms with van der Waals surface area (Å²) in [6.45, 7) is 1.14. The highest BCUT2D eigenvalue weighted by atomic mass is 19.4. The van der Waals surface area contributed by atoms with E-state index in [1.165, 1.54) is 0 Å². The molecule has 0 spiro atoms. The Kier molecular flexibility index (Phi) is 9.23. The van der Waals surface area contributed by atoms with Gasteiger partial charge in [0.15, 0.2) is 0 Å². The first-order valence-electron chi connectivity index (χ1n) is 12.7. The number of ether oxygens (including phenoxy) is 1. The number of amides is 2. The largest absolute Gasteiger partial charge is 0.490 e. The average molecular weight is 569 g/mol. The number of carbonyl (C=O) groups is 3. The van der Waals surface area contributed by atoms with E-state index in [0.717, 1.165) is 35.1 Å². The number of carboxylic acids is 1. The maximum absolute atomic E-state index is 13.6. The van der Waals surface area contributed by atoms with Gasteiger partial charge >= 0.3 is 12.1 Å². The minimum atomic E-state index is -5.08. The number of aromatic nitrogens is 2. The molecule has 0 saturated carbocycles. The third-order valence-corrected chi connectivity index (χ3v) is 6.42. The molecule has 4 aromatic rings. The lowest BCUT2D eigenvalue weighted by Gasteiger charge is -2.34. The summed E-state index contributed by atoms with van der Waals surface area (Å²) >= 11 is 0. The van der Waals surface area contributed by atoms with Crippen LogP contribution in [0.1, 0.15) is 34.8 Å². The number of aliphatic carboxylic acids is 1. The molecule has 214 valence electrons. The van der Waals surface area contributed by atoms with Gasteiger partial charge in [-0.1, -0.05) is 36.4 Å². The molecular weight excluding hydrogens is 541 g/mol. The SMILES string of the molecule is O=C(N[C@@H](C(=O)N1CCC(Oc2ccncc2)CC1)c1ccccc1)c1ccc2cc[nH]c2c1.O=C(O)C(F)(F)F. The molecular formula is C29H27F3N4O5. The van der Waals surface area contributed by atoms with Crippen LogP contribution in [0.5, 0.6) is 5.75 Å². The van der Waals surface area contributed by atoms with E-state index in [9.17, 15) is 22.8 Å². The second-order valence-corrected chi connectivity index (χ2v) is 9.23. The van der Waals surface area contributed by atoms with Crippen molar-refractivity contribution in [3.63, 3.8) is 0 Å². The Hall–Kier alpha value is -4.87. The molecule has 0 radical (unpaired) electrons. The smallest absolute Gasteiger partial charge is 0.490 e. The molecule has 41 heavy (non-hydrogen) atoms. The summed E-state index contributed by atoms with van der Waals surface area (Å²) in [5, 5.41) is 11.1. The van der Waals surface area contributed by atoms with Crippen molar-refractivity contribution in [2.24, 2.45) is 0 Å². The van der Waals surface area contributed by atoms with Gasteiger partial charge in [-0.3, -0.25) is 14.6 Å². The first-order valence-corrected chi connectivity index (χ1v) is 12.7. The molecule has 12 heteroatoms. The molecule has 1 atom stereocenters. The number of alkyl halides is 3. The van der Waals surface area contributed by atoms with Crippen molar-refractivity contribution in [3.8, 4) is 5.75 Å². The molecule has 3 N–H and O–H groups in total. The minimum Gasteiger partial charge on any atom is -0.490 e. The van der Waals surface area contributed by atoms with E-state index in [2.05, 4.69) is 15.3 Å². The molecule has 5 rings (SSSR count). The molecule has 9 nitrogen and oxygen atoms in total. The Morgan fingerprint density at radius 2 is 1.66 bits per heavy atom. The summed E-state index contributed by atoms with van der Waals surface area (Å²) in [5.74, 6) is -2.36. The Balaban J connectivity index is 0.000000493. The molecule has 1 fully saturated rings. The predicted octanol–water partition coefficient (Wildman–Crippen LogP) is 4.74. The number of hydrogen-bond acceptors (Lipinski definition) is 5. The number of nitrogens with one attached hydrogen (secondary N) is 2. The molecule has 2 aromatic heterocycles. The van der Waals surface area contributed by atoms with Crippen molar-refractivity contribution in [1.82, 2.24) is 20.2 Å². The molecule has 1 aliphatic rings. The topological polar surface area (TPSA) is 125 Å². The van der Waals surface area contributed by atoms with E-state index in [1.54, 1.807) is 24.5 Å². The van der Waals surface area contributed by atoms with Crippen molar-refractivity contribution >= 4 is 28.7 Å². The van der Waals surface area contributed by atoms with Gasteiger partial charge in [0.25, 0.3) is 5.91 Å². The van der Waals surface area contributed by atoms with Gasteiger partial charge in [0.2, 0.25) is 5.91 Å². The number of carbonyl (C=O) groups excluding carboxylic acids is 2. The normalized spacial score (nSPS) is 14.5. The number of halogens is 3. The second kappa shape index (κ2) is 13.0. The van der Waals surface area contributed by atoms with Gasteiger partial charge in [0.1, 0.15) is 17.9 Å². The maximum atomic E-state index is 13.6. The van der Waals surface area contributed by atoms with Crippen LogP contribution >= 0.6 is 0 Å². The summed E-state index contributed by atoms with van der Waals surface area (Å²) in [6.07, 6.45) is 1.66. The fourth-order valence-corrected chi connectivity index (χ4v) is 4.32. The van der Waals surface area contributed by atoms with Gasteiger partial charge in [-0.25, -0.2) is 4.79 Å². The molecule has 3 heterocycles. The molecule has 2 amide bonds. The van der Waals surface area contributed by atoms with Gasteiger partial charge in [-0.05, 0) is 41.3 Å². The maximum Gasteiger partial charge on any atom is 0.490 e. The summed E-state index contributed by atoms with van der Waals surface area (Å²) in [4.78, 5) is 44.5. The highest BCUT2D eigenvalue weighted by Gasteiger charge is 2.38. The van der Waals surface area contributed by atoms with Gasteiger partial charge in [-0.2, -0.15) is 13.2 Å². The average Bonchev–Trinajstić information content (AvgIpc) is 3.45. The number of carboxylic acid groups (broad SMARTS) is 1. The quantitative estimate of drug-likeness (QED) is 0.309. The van der Waals surface area contributed by atoms with E-state index in [-0.39, 0.29) is 17.9 Å². The van der Waals surface area contributed by atoms with Crippen molar-refractivity contribution in [2.75, 3.05) is 13.1 Å². The summed E-state index contributed by atoms with van der Waals surface area (Å²) in [6, 6.07) is 19.7. The van der Waals surface area contributed by atoms with Crippen LogP contribution in [-0.4, -0.2) is 63.1 Å². The molecule has 0 aliphatic carbocycles. The zero-order chi connectivity index (χ0) is 29.4. The number of hydrogen-bond donors (Lipinski definition) is 3. The third-order valence-electron chi connectivity index (χ3n) is 6.42. The zero-order valence-electron chi connectivity index (χ0n) is 21.7. The third kappa shape index (κ3) is 7.84. The predicted molar refractivity (Wildman–Crippen MR) is 143 cm³/mol. The number of piperidine rings is 1. The molecule has 1 saturated heterocycles. The molecule has 0 bridgehead atoms. The molecule has 0 unspecified atom stereocenters. The van der Waals surface area contributed by atoms with Gasteiger partial charge in [-0.15, -0.1) is 0 Å². The monoisotopic (exact) mass is 568 g/mol. The summed E-state index contributed by atoms with van der Waals surface area (Å²) in [7, 11) is 0. The van der Waals surface area contributed by atoms with Gasteiger partial charge in [0.05, 0.1) is 0 Å². The van der Waals surface area contributed by atoms with E-state index in [0.29, 0.717) is 18.7 Å². The first kappa shape index (κ1) is 29.1. The number of pyridine rings is 1. The lowest BCUT2D eigenvalue weighted by Crippen LogP contribution is -2.47. The van der Waals surface area contributed by atoms with Crippen LogP contribution in [0.15, 0.2) is 85.3 Å². The molecule has 2 aromatic carbocycles. The van der Waals surface area contributed by atoms with E-state index in [4.69, 9.17) is 14.6 Å². The summed E-state index contributed by atoms with van der Waals surface area (Å²) in [5.41, 5.74) is 2.15. The van der Waals surface area contributed by atoms with E-state index < -0.39 is 18.2 Å². The number of fused-ring (bicyclic) bond motifs is 1. The number of H-pyrrole nitrogens is 1. The molecule has 1 aliphatic heterocycles. The van der Waals surface area contributed by atoms with Crippen LogP contribution in [0.4, 0.5) is 13.2 Å². The Morgan fingerprint density at radius 3 is 2.29 bits per heavy atom. The first-order chi connectivity index (χ1) is 19.6. The Bertz CT molecular complexity index is 1470. The fraction of sp³-hybridized carbons (Fsp3) is 0.241. The van der Waals surface area contributed by atoms with Gasteiger partial charge in [0, 0.05) is 55.6 Å². The van der Waals surface area contributed by atoms with Crippen molar-refractivity contribution in [2.45, 2.75) is 31.2 Å². The number of nitrogens with zero attached hydrogens (tertiary/aromatic N) is 2. The fourth-order valence-electron chi connectivity index (χ4n) is 4.32. The highest BCUT2D eigenvalue weighted by Crippen LogP contribution is 2.23.